The molecular formula is C14H14ClF2NO. The second kappa shape index (κ2) is 6.17. The van der Waals surface area contributed by atoms with Gasteiger partial charge in [-0.25, -0.2) is 8.78 Å². The maximum atomic E-state index is 13.2. The number of halogens is 3. The van der Waals surface area contributed by atoms with Gasteiger partial charge in [0, 0.05) is 6.07 Å². The first kappa shape index (κ1) is 14.0. The second-order valence-corrected chi connectivity index (χ2v) is 4.61. The van der Waals surface area contributed by atoms with E-state index in [1.807, 2.05) is 6.92 Å². The molecule has 5 heteroatoms. The smallest absolute Gasteiger partial charge is 0.193 e. The third-order valence-corrected chi connectivity index (χ3v) is 2.95. The van der Waals surface area contributed by atoms with Crippen LogP contribution < -0.4 is 5.32 Å². The highest BCUT2D eigenvalue weighted by Crippen LogP contribution is 2.24. The molecule has 2 rings (SSSR count). The van der Waals surface area contributed by atoms with Crippen LogP contribution in [-0.2, 0) is 6.42 Å². The van der Waals surface area contributed by atoms with Crippen LogP contribution in [0, 0.1) is 11.6 Å². The predicted molar refractivity (Wildman–Crippen MR) is 70.2 cm³/mol. The van der Waals surface area contributed by atoms with Crippen LogP contribution in [0.5, 0.6) is 0 Å². The van der Waals surface area contributed by atoms with Crippen molar-refractivity contribution >= 4 is 11.6 Å². The Balaban J connectivity index is 2.20. The van der Waals surface area contributed by atoms with Gasteiger partial charge in [-0.05, 0) is 54.4 Å². The number of rotatable bonds is 5. The number of hydrogen-bond donors (Lipinski definition) is 1. The van der Waals surface area contributed by atoms with E-state index >= 15 is 0 Å². The van der Waals surface area contributed by atoms with Crippen molar-refractivity contribution in [3.63, 3.8) is 0 Å². The van der Waals surface area contributed by atoms with Crippen molar-refractivity contribution in [3.05, 3.63) is 58.5 Å². The molecule has 1 aromatic carbocycles. The summed E-state index contributed by atoms with van der Waals surface area (Å²) in [5, 5.41) is 3.50. The van der Waals surface area contributed by atoms with Crippen LogP contribution in [0.25, 0.3) is 0 Å². The standard InChI is InChI=1S/C14H14ClF2NO/c1-2-18-12(13-3-4-14(15)19-13)7-9-5-10(16)8-11(17)6-9/h3-6,8,12,18H,2,7H2,1H3. The third kappa shape index (κ3) is 3.78. The SMILES string of the molecule is CCNC(Cc1cc(F)cc(F)c1)c1ccc(Cl)o1. The highest BCUT2D eigenvalue weighted by Gasteiger charge is 2.16. The average Bonchev–Trinajstić information content (AvgIpc) is 2.74. The van der Waals surface area contributed by atoms with E-state index in [1.54, 1.807) is 12.1 Å². The first-order valence-electron chi connectivity index (χ1n) is 6.02. The molecule has 1 N–H and O–H groups in total. The van der Waals surface area contributed by atoms with E-state index in [4.69, 9.17) is 16.0 Å². The van der Waals surface area contributed by atoms with E-state index in [0.29, 0.717) is 29.5 Å². The normalized spacial score (nSPS) is 12.6. The van der Waals surface area contributed by atoms with Crippen LogP contribution in [-0.4, -0.2) is 6.54 Å². The maximum Gasteiger partial charge on any atom is 0.193 e. The second-order valence-electron chi connectivity index (χ2n) is 4.23. The summed E-state index contributed by atoms with van der Waals surface area (Å²) in [6.45, 7) is 2.66. The quantitative estimate of drug-likeness (QED) is 0.894. The number of likely N-dealkylation sites (N-methyl/N-ethyl adjacent to an activating group) is 1. The summed E-state index contributed by atoms with van der Waals surface area (Å²) in [5.41, 5.74) is 0.566. The summed E-state index contributed by atoms with van der Waals surface area (Å²) in [7, 11) is 0. The number of nitrogens with one attached hydrogen (secondary N) is 1. The van der Waals surface area contributed by atoms with Gasteiger partial charge in [-0.15, -0.1) is 0 Å². The van der Waals surface area contributed by atoms with E-state index in [9.17, 15) is 8.78 Å². The molecule has 102 valence electrons. The Morgan fingerprint density at radius 2 is 1.89 bits per heavy atom. The Morgan fingerprint density at radius 3 is 2.42 bits per heavy atom. The number of benzene rings is 1. The summed E-state index contributed by atoms with van der Waals surface area (Å²) < 4.78 is 31.7. The number of hydrogen-bond acceptors (Lipinski definition) is 2. The molecule has 1 atom stereocenters. The zero-order chi connectivity index (χ0) is 13.8. The number of furan rings is 1. The Morgan fingerprint density at radius 1 is 1.21 bits per heavy atom. The van der Waals surface area contributed by atoms with Crippen LogP contribution in [0.4, 0.5) is 8.78 Å². The maximum absolute atomic E-state index is 13.2. The van der Waals surface area contributed by atoms with Gasteiger partial charge in [-0.2, -0.15) is 0 Å². The molecule has 0 saturated heterocycles. The highest BCUT2D eigenvalue weighted by molar-refractivity contribution is 6.28. The van der Waals surface area contributed by atoms with Crippen LogP contribution >= 0.6 is 11.6 Å². The summed E-state index contributed by atoms with van der Waals surface area (Å²) in [5.74, 6) is -0.512. The predicted octanol–water partition coefficient (Wildman–Crippen LogP) is 4.10. The van der Waals surface area contributed by atoms with Crippen LogP contribution in [0.3, 0.4) is 0 Å². The zero-order valence-corrected chi connectivity index (χ0v) is 11.2. The van der Waals surface area contributed by atoms with E-state index in [2.05, 4.69) is 5.32 Å². The molecule has 0 fully saturated rings. The molecule has 0 aliphatic heterocycles. The average molecular weight is 286 g/mol. The Kier molecular flexibility index (Phi) is 4.56. The van der Waals surface area contributed by atoms with Crippen molar-refractivity contribution in [1.82, 2.24) is 5.32 Å². The summed E-state index contributed by atoms with van der Waals surface area (Å²) in [4.78, 5) is 0. The lowest BCUT2D eigenvalue weighted by Crippen LogP contribution is -2.22. The molecule has 1 unspecified atom stereocenters. The topological polar surface area (TPSA) is 25.2 Å². The van der Waals surface area contributed by atoms with E-state index < -0.39 is 11.6 Å². The molecule has 2 aromatic rings. The molecule has 2 nitrogen and oxygen atoms in total. The van der Waals surface area contributed by atoms with Gasteiger partial charge in [0.25, 0.3) is 0 Å². The summed E-state index contributed by atoms with van der Waals surface area (Å²) in [6.07, 6.45) is 0.423. The Bertz CT molecular complexity index is 536. The lowest BCUT2D eigenvalue weighted by Gasteiger charge is -2.15. The molecule has 0 spiro atoms. The lowest BCUT2D eigenvalue weighted by atomic mass is 10.0. The van der Waals surface area contributed by atoms with Gasteiger partial charge in [0.1, 0.15) is 17.4 Å². The van der Waals surface area contributed by atoms with Crippen LogP contribution in [0.1, 0.15) is 24.3 Å². The molecule has 19 heavy (non-hydrogen) atoms. The monoisotopic (exact) mass is 285 g/mol. The minimum absolute atomic E-state index is 0.168. The first-order chi connectivity index (χ1) is 9.08. The first-order valence-corrected chi connectivity index (χ1v) is 6.40. The van der Waals surface area contributed by atoms with Crippen molar-refractivity contribution in [2.24, 2.45) is 0 Å². The van der Waals surface area contributed by atoms with Gasteiger partial charge in [0.15, 0.2) is 5.22 Å². The molecule has 0 aliphatic rings. The van der Waals surface area contributed by atoms with E-state index in [0.717, 1.165) is 6.07 Å². The van der Waals surface area contributed by atoms with Crippen molar-refractivity contribution < 1.29 is 13.2 Å². The minimum atomic E-state index is -0.581. The summed E-state index contributed by atoms with van der Waals surface area (Å²) >= 11 is 5.74. The fraction of sp³-hybridized carbons (Fsp3) is 0.286. The van der Waals surface area contributed by atoms with Crippen molar-refractivity contribution in [1.29, 1.82) is 0 Å². The molecule has 0 amide bonds. The molecule has 0 bridgehead atoms. The molecule has 0 saturated carbocycles. The van der Waals surface area contributed by atoms with Crippen molar-refractivity contribution in [2.45, 2.75) is 19.4 Å². The van der Waals surface area contributed by atoms with Gasteiger partial charge in [-0.3, -0.25) is 0 Å². The van der Waals surface area contributed by atoms with Gasteiger partial charge < -0.3 is 9.73 Å². The Labute approximate surface area is 115 Å². The zero-order valence-electron chi connectivity index (χ0n) is 10.4. The largest absolute Gasteiger partial charge is 0.448 e. The van der Waals surface area contributed by atoms with Crippen LogP contribution in [0.15, 0.2) is 34.7 Å². The van der Waals surface area contributed by atoms with Gasteiger partial charge >= 0.3 is 0 Å². The van der Waals surface area contributed by atoms with Crippen molar-refractivity contribution in [3.8, 4) is 0 Å². The molecular weight excluding hydrogens is 272 g/mol. The fourth-order valence-corrected chi connectivity index (χ4v) is 2.15. The van der Waals surface area contributed by atoms with Crippen molar-refractivity contribution in [2.75, 3.05) is 6.54 Å². The van der Waals surface area contributed by atoms with Gasteiger partial charge in [-0.1, -0.05) is 6.92 Å². The molecule has 0 aliphatic carbocycles. The van der Waals surface area contributed by atoms with Gasteiger partial charge in [0.2, 0.25) is 0 Å². The van der Waals surface area contributed by atoms with Crippen LogP contribution in [0.2, 0.25) is 5.22 Å². The molecule has 1 aromatic heterocycles. The highest BCUT2D eigenvalue weighted by atomic mass is 35.5. The summed E-state index contributed by atoms with van der Waals surface area (Å²) in [6, 6.07) is 6.73. The third-order valence-electron chi connectivity index (χ3n) is 2.75. The molecule has 0 radical (unpaired) electrons. The van der Waals surface area contributed by atoms with Gasteiger partial charge in [0.05, 0.1) is 6.04 Å². The van der Waals surface area contributed by atoms with E-state index in [1.165, 1.54) is 12.1 Å². The Hall–Kier alpha value is -1.39. The fourth-order valence-electron chi connectivity index (χ4n) is 2.00. The lowest BCUT2D eigenvalue weighted by molar-refractivity contribution is 0.416. The van der Waals surface area contributed by atoms with E-state index in [-0.39, 0.29) is 6.04 Å². The molecule has 1 heterocycles. The minimum Gasteiger partial charge on any atom is -0.448 e.